The smallest absolute Gasteiger partial charge is 0.251 e. The van der Waals surface area contributed by atoms with Crippen LogP contribution < -0.4 is 5.32 Å². The van der Waals surface area contributed by atoms with Crippen molar-refractivity contribution in [3.05, 3.63) is 70.0 Å². The zero-order valence-corrected chi connectivity index (χ0v) is 15.4. The molecule has 0 radical (unpaired) electrons. The highest BCUT2D eigenvalue weighted by Crippen LogP contribution is 2.24. The van der Waals surface area contributed by atoms with Crippen LogP contribution in [0.25, 0.3) is 0 Å². The van der Waals surface area contributed by atoms with E-state index in [1.165, 1.54) is 12.1 Å². The monoisotopic (exact) mass is 376 g/mol. The topological polar surface area (TPSA) is 41.6 Å². The Morgan fingerprint density at radius 3 is 2.73 bits per heavy atom. The third-order valence-electron chi connectivity index (χ3n) is 4.60. The molecule has 1 N–H and O–H groups in total. The summed E-state index contributed by atoms with van der Waals surface area (Å²) in [7, 11) is 0. The minimum Gasteiger partial charge on any atom is -0.379 e. The Morgan fingerprint density at radius 2 is 2.04 bits per heavy atom. The first-order valence-electron chi connectivity index (χ1n) is 8.66. The molecule has 0 aromatic heterocycles. The third kappa shape index (κ3) is 4.61. The Hall–Kier alpha value is -1.95. The molecule has 0 bridgehead atoms. The van der Waals surface area contributed by atoms with Gasteiger partial charge in [0.05, 0.1) is 19.3 Å². The van der Waals surface area contributed by atoms with Gasteiger partial charge in [0.1, 0.15) is 5.82 Å². The molecule has 1 amide bonds. The Labute approximate surface area is 157 Å². The number of carbonyl (C=O) groups excluding carboxylic acids is 1. The van der Waals surface area contributed by atoms with Crippen molar-refractivity contribution in [2.45, 2.75) is 13.0 Å². The van der Waals surface area contributed by atoms with E-state index in [4.69, 9.17) is 16.3 Å². The molecule has 1 unspecified atom stereocenters. The molecule has 4 nitrogen and oxygen atoms in total. The molecule has 1 fully saturated rings. The van der Waals surface area contributed by atoms with Crippen LogP contribution in [0.4, 0.5) is 4.39 Å². The molecule has 0 spiro atoms. The molecule has 1 aliphatic heterocycles. The van der Waals surface area contributed by atoms with Crippen molar-refractivity contribution < 1.29 is 13.9 Å². The van der Waals surface area contributed by atoms with Gasteiger partial charge in [-0.1, -0.05) is 23.7 Å². The number of amides is 1. The average molecular weight is 377 g/mol. The second kappa shape index (κ2) is 8.62. The normalized spacial score (nSPS) is 16.3. The molecule has 1 atom stereocenters. The summed E-state index contributed by atoms with van der Waals surface area (Å²) in [6.45, 7) is 5.01. The number of aryl methyl sites for hydroxylation is 1. The molecule has 2 aromatic rings. The summed E-state index contributed by atoms with van der Waals surface area (Å²) in [4.78, 5) is 14.8. The predicted octanol–water partition coefficient (Wildman–Crippen LogP) is 3.59. The van der Waals surface area contributed by atoms with Crippen molar-refractivity contribution in [3.8, 4) is 0 Å². The number of benzene rings is 2. The van der Waals surface area contributed by atoms with Crippen LogP contribution in [-0.2, 0) is 4.74 Å². The van der Waals surface area contributed by atoms with E-state index in [1.807, 2.05) is 24.3 Å². The predicted molar refractivity (Wildman–Crippen MR) is 100 cm³/mol. The van der Waals surface area contributed by atoms with Crippen molar-refractivity contribution in [1.29, 1.82) is 0 Å². The fourth-order valence-corrected chi connectivity index (χ4v) is 3.34. The highest BCUT2D eigenvalue weighted by atomic mass is 35.5. The van der Waals surface area contributed by atoms with Gasteiger partial charge in [-0.15, -0.1) is 0 Å². The van der Waals surface area contributed by atoms with Crippen LogP contribution in [0.1, 0.15) is 27.5 Å². The lowest BCUT2D eigenvalue weighted by atomic mass is 10.0. The lowest BCUT2D eigenvalue weighted by molar-refractivity contribution is 0.0162. The quantitative estimate of drug-likeness (QED) is 0.867. The van der Waals surface area contributed by atoms with Crippen molar-refractivity contribution in [2.24, 2.45) is 0 Å². The van der Waals surface area contributed by atoms with Gasteiger partial charge in [-0.2, -0.15) is 0 Å². The number of morpholine rings is 1. The summed E-state index contributed by atoms with van der Waals surface area (Å²) < 4.78 is 18.9. The SMILES string of the molecule is Cc1cc(C(=O)NCC(c2cccc(Cl)c2)N2CCOCC2)ccc1F. The van der Waals surface area contributed by atoms with Crippen LogP contribution in [0.2, 0.25) is 5.02 Å². The second-order valence-corrected chi connectivity index (χ2v) is 6.83. The minimum atomic E-state index is -0.313. The number of hydrogen-bond acceptors (Lipinski definition) is 3. The fraction of sp³-hybridized carbons (Fsp3) is 0.350. The molecule has 0 aliphatic carbocycles. The number of carbonyl (C=O) groups is 1. The van der Waals surface area contributed by atoms with Gasteiger partial charge in [-0.3, -0.25) is 9.69 Å². The first-order chi connectivity index (χ1) is 12.5. The molecular formula is C20H22ClFN2O2. The standard InChI is InChI=1S/C20H22ClFN2O2/c1-14-11-16(5-6-18(14)22)20(25)23-13-19(24-7-9-26-10-8-24)15-3-2-4-17(21)12-15/h2-6,11-12,19H,7-10,13H2,1H3,(H,23,25). The van der Waals surface area contributed by atoms with E-state index in [9.17, 15) is 9.18 Å². The summed E-state index contributed by atoms with van der Waals surface area (Å²) in [6.07, 6.45) is 0. The molecule has 1 saturated heterocycles. The maximum Gasteiger partial charge on any atom is 0.251 e. The van der Waals surface area contributed by atoms with Gasteiger partial charge in [-0.05, 0) is 48.4 Å². The molecule has 3 rings (SSSR count). The average Bonchev–Trinajstić information content (AvgIpc) is 2.65. The maximum atomic E-state index is 13.4. The van der Waals surface area contributed by atoms with Gasteiger partial charge in [0, 0.05) is 30.2 Å². The zero-order valence-electron chi connectivity index (χ0n) is 14.7. The lowest BCUT2D eigenvalue weighted by Crippen LogP contribution is -2.43. The van der Waals surface area contributed by atoms with E-state index in [1.54, 1.807) is 13.0 Å². The van der Waals surface area contributed by atoms with Crippen LogP contribution in [0.5, 0.6) is 0 Å². The summed E-state index contributed by atoms with van der Waals surface area (Å²) in [6, 6.07) is 12.1. The first kappa shape index (κ1) is 18.8. The molecule has 2 aromatic carbocycles. The number of halogens is 2. The fourth-order valence-electron chi connectivity index (χ4n) is 3.14. The van der Waals surface area contributed by atoms with Gasteiger partial charge in [0.15, 0.2) is 0 Å². The van der Waals surface area contributed by atoms with Crippen molar-refractivity contribution in [3.63, 3.8) is 0 Å². The Balaban J connectivity index is 1.74. The van der Waals surface area contributed by atoms with Crippen molar-refractivity contribution >= 4 is 17.5 Å². The molecule has 26 heavy (non-hydrogen) atoms. The summed E-state index contributed by atoms with van der Waals surface area (Å²) >= 11 is 6.15. The number of hydrogen-bond donors (Lipinski definition) is 1. The van der Waals surface area contributed by atoms with E-state index < -0.39 is 0 Å². The summed E-state index contributed by atoms with van der Waals surface area (Å²) in [5.41, 5.74) is 1.96. The maximum absolute atomic E-state index is 13.4. The Morgan fingerprint density at radius 1 is 1.27 bits per heavy atom. The Bertz CT molecular complexity index is 778. The van der Waals surface area contributed by atoms with E-state index >= 15 is 0 Å². The first-order valence-corrected chi connectivity index (χ1v) is 9.04. The highest BCUT2D eigenvalue weighted by molar-refractivity contribution is 6.30. The highest BCUT2D eigenvalue weighted by Gasteiger charge is 2.23. The van der Waals surface area contributed by atoms with E-state index in [0.717, 1.165) is 18.7 Å². The molecule has 1 aliphatic rings. The van der Waals surface area contributed by atoms with Gasteiger partial charge >= 0.3 is 0 Å². The molecule has 6 heteroatoms. The third-order valence-corrected chi connectivity index (χ3v) is 4.83. The van der Waals surface area contributed by atoms with Crippen LogP contribution in [0, 0.1) is 12.7 Å². The van der Waals surface area contributed by atoms with Crippen molar-refractivity contribution in [2.75, 3.05) is 32.8 Å². The van der Waals surface area contributed by atoms with E-state index in [2.05, 4.69) is 10.2 Å². The van der Waals surface area contributed by atoms with Gasteiger partial charge in [0.2, 0.25) is 0 Å². The summed E-state index contributed by atoms with van der Waals surface area (Å²) in [5.74, 6) is -0.528. The number of ether oxygens (including phenoxy) is 1. The second-order valence-electron chi connectivity index (χ2n) is 6.39. The zero-order chi connectivity index (χ0) is 18.5. The van der Waals surface area contributed by atoms with Gasteiger partial charge in [-0.25, -0.2) is 4.39 Å². The lowest BCUT2D eigenvalue weighted by Gasteiger charge is -2.35. The molecule has 0 saturated carbocycles. The molecular weight excluding hydrogens is 355 g/mol. The number of nitrogens with zero attached hydrogens (tertiary/aromatic N) is 1. The number of rotatable bonds is 5. The molecule has 138 valence electrons. The minimum absolute atomic E-state index is 0.00287. The largest absolute Gasteiger partial charge is 0.379 e. The van der Waals surface area contributed by atoms with Crippen molar-refractivity contribution in [1.82, 2.24) is 10.2 Å². The van der Waals surface area contributed by atoms with Crippen LogP contribution in [0.15, 0.2) is 42.5 Å². The summed E-state index contributed by atoms with van der Waals surface area (Å²) in [5, 5.41) is 3.64. The van der Waals surface area contributed by atoms with Crippen LogP contribution in [0.3, 0.4) is 0 Å². The van der Waals surface area contributed by atoms with Gasteiger partial charge in [0.25, 0.3) is 5.91 Å². The van der Waals surface area contributed by atoms with Crippen LogP contribution >= 0.6 is 11.6 Å². The number of nitrogens with one attached hydrogen (secondary N) is 1. The molecule has 1 heterocycles. The Kier molecular flexibility index (Phi) is 6.25. The van der Waals surface area contributed by atoms with Crippen LogP contribution in [-0.4, -0.2) is 43.7 Å². The van der Waals surface area contributed by atoms with Gasteiger partial charge < -0.3 is 10.1 Å². The van der Waals surface area contributed by atoms with E-state index in [0.29, 0.717) is 35.9 Å². The van der Waals surface area contributed by atoms with E-state index in [-0.39, 0.29) is 17.8 Å².